The van der Waals surface area contributed by atoms with Gasteiger partial charge in [0.2, 0.25) is 0 Å². The fourth-order valence-electron chi connectivity index (χ4n) is 3.58. The van der Waals surface area contributed by atoms with Crippen LogP contribution in [0, 0.1) is 11.3 Å². The van der Waals surface area contributed by atoms with Crippen LogP contribution < -0.4 is 0 Å². The number of hydrogen-bond donors (Lipinski definition) is 0. The zero-order valence-corrected chi connectivity index (χ0v) is 12.4. The van der Waals surface area contributed by atoms with Gasteiger partial charge in [-0.3, -0.25) is 9.69 Å². The molecule has 0 aromatic rings. The van der Waals surface area contributed by atoms with Crippen LogP contribution in [0.2, 0.25) is 0 Å². The predicted molar refractivity (Wildman–Crippen MR) is 75.6 cm³/mol. The molecule has 2 aliphatic carbocycles. The van der Waals surface area contributed by atoms with Gasteiger partial charge in [-0.25, -0.2) is 0 Å². The highest BCUT2D eigenvalue weighted by Crippen LogP contribution is 2.36. The molecule has 0 aliphatic heterocycles. The zero-order valence-electron chi connectivity index (χ0n) is 12.4. The number of hydrogen-bond acceptors (Lipinski definition) is 2. The Bertz CT molecular complexity index is 281. The van der Waals surface area contributed by atoms with E-state index < -0.39 is 0 Å². The SMILES string of the molecule is CN(CC(=O)C1CCCC1)C1CCC(C)(C)CC1. The third-order valence-corrected chi connectivity index (χ3v) is 5.15. The summed E-state index contributed by atoms with van der Waals surface area (Å²) in [6.07, 6.45) is 9.95. The summed E-state index contributed by atoms with van der Waals surface area (Å²) in [5.41, 5.74) is 0.521. The second kappa shape index (κ2) is 5.73. The van der Waals surface area contributed by atoms with Gasteiger partial charge in [0.25, 0.3) is 0 Å². The van der Waals surface area contributed by atoms with E-state index in [0.717, 1.165) is 12.8 Å². The Morgan fingerprint density at radius 1 is 1.11 bits per heavy atom. The molecule has 0 heterocycles. The van der Waals surface area contributed by atoms with Gasteiger partial charge in [0, 0.05) is 12.0 Å². The predicted octanol–water partition coefficient (Wildman–Crippen LogP) is 3.65. The highest BCUT2D eigenvalue weighted by molar-refractivity contribution is 5.83. The number of nitrogens with zero attached hydrogens (tertiary/aromatic N) is 1. The molecule has 2 saturated carbocycles. The summed E-state index contributed by atoms with van der Waals surface area (Å²) in [6.45, 7) is 5.43. The van der Waals surface area contributed by atoms with Crippen molar-refractivity contribution in [3.05, 3.63) is 0 Å². The van der Waals surface area contributed by atoms with Crippen molar-refractivity contribution < 1.29 is 4.79 Å². The minimum Gasteiger partial charge on any atom is -0.298 e. The zero-order chi connectivity index (χ0) is 13.2. The normalized spacial score (nSPS) is 25.8. The van der Waals surface area contributed by atoms with Crippen molar-refractivity contribution in [1.29, 1.82) is 0 Å². The first-order valence-corrected chi connectivity index (χ1v) is 7.71. The topological polar surface area (TPSA) is 20.3 Å². The van der Waals surface area contributed by atoms with Crippen LogP contribution in [-0.4, -0.2) is 30.3 Å². The number of ketones is 1. The summed E-state index contributed by atoms with van der Waals surface area (Å²) in [7, 11) is 2.15. The van der Waals surface area contributed by atoms with Crippen molar-refractivity contribution in [1.82, 2.24) is 4.90 Å². The van der Waals surface area contributed by atoms with E-state index in [4.69, 9.17) is 0 Å². The maximum atomic E-state index is 12.2. The van der Waals surface area contributed by atoms with Crippen molar-refractivity contribution in [2.45, 2.75) is 71.3 Å². The molecule has 0 aromatic heterocycles. The number of carbonyl (C=O) groups is 1. The van der Waals surface area contributed by atoms with E-state index in [1.165, 1.54) is 38.5 Å². The first kappa shape index (κ1) is 14.0. The molecule has 18 heavy (non-hydrogen) atoms. The molecule has 0 N–H and O–H groups in total. The second-order valence-electron chi connectivity index (χ2n) is 7.26. The molecule has 2 rings (SSSR count). The van der Waals surface area contributed by atoms with E-state index >= 15 is 0 Å². The van der Waals surface area contributed by atoms with Crippen molar-refractivity contribution in [3.63, 3.8) is 0 Å². The molecule has 2 aliphatic rings. The molecule has 2 fully saturated rings. The maximum absolute atomic E-state index is 12.2. The van der Waals surface area contributed by atoms with Crippen molar-refractivity contribution >= 4 is 5.78 Å². The Kier molecular flexibility index (Phi) is 4.47. The molecule has 0 spiro atoms. The fourth-order valence-corrected chi connectivity index (χ4v) is 3.58. The van der Waals surface area contributed by atoms with Crippen LogP contribution in [0.4, 0.5) is 0 Å². The van der Waals surface area contributed by atoms with Crippen molar-refractivity contribution in [2.75, 3.05) is 13.6 Å². The van der Waals surface area contributed by atoms with Crippen LogP contribution in [0.5, 0.6) is 0 Å². The average molecular weight is 251 g/mol. The Hall–Kier alpha value is -0.370. The van der Waals surface area contributed by atoms with Gasteiger partial charge in [-0.2, -0.15) is 0 Å². The van der Waals surface area contributed by atoms with Crippen LogP contribution in [0.15, 0.2) is 0 Å². The molecule has 0 bridgehead atoms. The minimum atomic E-state index is 0.382. The van der Waals surface area contributed by atoms with E-state index in [1.54, 1.807) is 0 Å². The monoisotopic (exact) mass is 251 g/mol. The molecule has 0 aromatic carbocycles. The summed E-state index contributed by atoms with van der Waals surface area (Å²) >= 11 is 0. The molecule has 0 atom stereocenters. The summed E-state index contributed by atoms with van der Waals surface area (Å²) in [4.78, 5) is 14.5. The number of rotatable bonds is 4. The molecule has 0 saturated heterocycles. The average Bonchev–Trinajstić information content (AvgIpc) is 2.82. The van der Waals surface area contributed by atoms with Crippen LogP contribution in [0.25, 0.3) is 0 Å². The Morgan fingerprint density at radius 3 is 2.22 bits per heavy atom. The van der Waals surface area contributed by atoms with Gasteiger partial charge in [-0.05, 0) is 51.0 Å². The largest absolute Gasteiger partial charge is 0.298 e. The quantitative estimate of drug-likeness (QED) is 0.760. The van der Waals surface area contributed by atoms with Crippen LogP contribution in [-0.2, 0) is 4.79 Å². The van der Waals surface area contributed by atoms with Crippen LogP contribution >= 0.6 is 0 Å². The summed E-state index contributed by atoms with van der Waals surface area (Å²) in [5, 5.41) is 0. The lowest BCUT2D eigenvalue weighted by molar-refractivity contribution is -0.124. The van der Waals surface area contributed by atoms with E-state index in [-0.39, 0.29) is 0 Å². The van der Waals surface area contributed by atoms with E-state index in [0.29, 0.717) is 29.7 Å². The number of Topliss-reactive ketones (excluding diaryl/α,β-unsaturated/α-hetero) is 1. The molecule has 0 radical (unpaired) electrons. The highest BCUT2D eigenvalue weighted by atomic mass is 16.1. The lowest BCUT2D eigenvalue weighted by atomic mass is 9.75. The van der Waals surface area contributed by atoms with Gasteiger partial charge < -0.3 is 0 Å². The number of carbonyl (C=O) groups excluding carboxylic acids is 1. The molecular formula is C16H29NO. The highest BCUT2D eigenvalue weighted by Gasteiger charge is 2.30. The van der Waals surface area contributed by atoms with Gasteiger partial charge >= 0.3 is 0 Å². The maximum Gasteiger partial charge on any atom is 0.149 e. The molecular weight excluding hydrogens is 222 g/mol. The Morgan fingerprint density at radius 2 is 1.67 bits per heavy atom. The third-order valence-electron chi connectivity index (χ3n) is 5.15. The molecule has 0 unspecified atom stereocenters. The van der Waals surface area contributed by atoms with Gasteiger partial charge in [0.1, 0.15) is 5.78 Å². The van der Waals surface area contributed by atoms with Crippen molar-refractivity contribution in [2.24, 2.45) is 11.3 Å². The second-order valence-corrected chi connectivity index (χ2v) is 7.26. The van der Waals surface area contributed by atoms with E-state index in [9.17, 15) is 4.79 Å². The Balaban J connectivity index is 1.77. The van der Waals surface area contributed by atoms with Crippen molar-refractivity contribution in [3.8, 4) is 0 Å². The minimum absolute atomic E-state index is 0.382. The number of likely N-dealkylation sites (N-methyl/N-ethyl adjacent to an activating group) is 1. The van der Waals surface area contributed by atoms with E-state index in [2.05, 4.69) is 25.8 Å². The third kappa shape index (κ3) is 3.57. The molecule has 104 valence electrons. The molecule has 2 nitrogen and oxygen atoms in total. The van der Waals surface area contributed by atoms with Gasteiger partial charge in [0.15, 0.2) is 0 Å². The smallest absolute Gasteiger partial charge is 0.149 e. The first-order valence-electron chi connectivity index (χ1n) is 7.71. The van der Waals surface area contributed by atoms with Gasteiger partial charge in [0.05, 0.1) is 6.54 Å². The van der Waals surface area contributed by atoms with Gasteiger partial charge in [-0.1, -0.05) is 26.7 Å². The Labute approximate surface area is 112 Å². The van der Waals surface area contributed by atoms with Gasteiger partial charge in [-0.15, -0.1) is 0 Å². The van der Waals surface area contributed by atoms with Crippen LogP contribution in [0.3, 0.4) is 0 Å². The fraction of sp³-hybridized carbons (Fsp3) is 0.938. The summed E-state index contributed by atoms with van der Waals surface area (Å²) in [5.74, 6) is 0.882. The summed E-state index contributed by atoms with van der Waals surface area (Å²) in [6, 6.07) is 0.642. The molecule has 2 heteroatoms. The first-order chi connectivity index (χ1) is 8.48. The van der Waals surface area contributed by atoms with E-state index in [1.807, 2.05) is 0 Å². The molecule has 0 amide bonds. The van der Waals surface area contributed by atoms with Crippen LogP contribution in [0.1, 0.15) is 65.2 Å². The lowest BCUT2D eigenvalue weighted by Crippen LogP contribution is -2.41. The standard InChI is InChI=1S/C16H29NO/c1-16(2)10-8-14(9-11-16)17(3)12-15(18)13-6-4-5-7-13/h13-14H,4-12H2,1-3H3. The lowest BCUT2D eigenvalue weighted by Gasteiger charge is -2.38. The summed E-state index contributed by atoms with van der Waals surface area (Å²) < 4.78 is 0.